The van der Waals surface area contributed by atoms with Gasteiger partial charge in [0.25, 0.3) is 0 Å². The first-order valence-electron chi connectivity index (χ1n) is 6.23. The van der Waals surface area contributed by atoms with Gasteiger partial charge in [0.2, 0.25) is 0 Å². The van der Waals surface area contributed by atoms with Crippen molar-refractivity contribution in [2.24, 2.45) is 0 Å². The molecule has 17 heteroatoms. The summed E-state index contributed by atoms with van der Waals surface area (Å²) in [5.74, 6) is -13.0. The summed E-state index contributed by atoms with van der Waals surface area (Å²) in [6, 6.07) is 0. The molecule has 0 bridgehead atoms. The maximum Gasteiger partial charge on any atom is 1.00 e. The number of ether oxygens (including phenoxy) is 1. The standard InChI is InChI=1S/C12H14O13.4Na/c13-5(14)1-11(24,9(20)21)4-8(19)25-12(10(22)23,2-6(15)16)3-7(17)18;;;;/h24H,1-4H2,(H,13,14)(H,15,16)(H,17,18)(H,20,21)(H,22,23);;;;/q;4*+1/p-4. The fraction of sp³-hybridized carbons (Fsp3) is 0.500. The third-order valence-electron chi connectivity index (χ3n) is 2.80. The number of rotatable bonds is 11. The second-order valence-electron chi connectivity index (χ2n) is 4.92. The van der Waals surface area contributed by atoms with Crippen LogP contribution in [0, 0.1) is 0 Å². The first-order valence-corrected chi connectivity index (χ1v) is 6.23. The van der Waals surface area contributed by atoms with E-state index < -0.39 is 72.7 Å². The molecule has 13 nitrogen and oxygen atoms in total. The summed E-state index contributed by atoms with van der Waals surface area (Å²) < 4.78 is 4.18. The Bertz CT molecular complexity index is 607. The SMILES string of the molecule is O=C([O-])CC(O)(CC(=O)OC(CC(=O)[O-])(CC(=O)O)C(=O)[O-])C(=O)[O-].[Na+].[Na+].[Na+].[Na+]. The molecule has 0 aliphatic rings. The molecule has 29 heavy (non-hydrogen) atoms. The van der Waals surface area contributed by atoms with Gasteiger partial charge in [-0.25, -0.2) is 0 Å². The molecule has 0 aromatic carbocycles. The Morgan fingerprint density at radius 3 is 1.38 bits per heavy atom. The molecule has 0 spiro atoms. The number of hydrogen-bond donors (Lipinski definition) is 2. The van der Waals surface area contributed by atoms with E-state index in [0.717, 1.165) is 0 Å². The molecule has 0 aromatic heterocycles. The Morgan fingerprint density at radius 2 is 1.10 bits per heavy atom. The van der Waals surface area contributed by atoms with Crippen LogP contribution in [-0.2, 0) is 33.5 Å². The molecular formula is C12H10Na4O13. The number of hydrogen-bond acceptors (Lipinski definition) is 12. The van der Waals surface area contributed by atoms with Crippen molar-refractivity contribution < 1.29 is 182 Å². The van der Waals surface area contributed by atoms with Crippen molar-refractivity contribution in [3.8, 4) is 0 Å². The van der Waals surface area contributed by atoms with Crippen LogP contribution in [0.1, 0.15) is 25.7 Å². The minimum atomic E-state index is -3.38. The van der Waals surface area contributed by atoms with E-state index in [0.29, 0.717) is 0 Å². The quantitative estimate of drug-likeness (QED) is 0.218. The van der Waals surface area contributed by atoms with Gasteiger partial charge in [-0.05, 0) is 0 Å². The average Bonchev–Trinajstić information content (AvgIpc) is 2.34. The number of carbonyl (C=O) groups excluding carboxylic acids is 5. The predicted octanol–water partition coefficient (Wildman–Crippen LogP) is -19.3. The van der Waals surface area contributed by atoms with E-state index in [2.05, 4.69) is 4.74 Å². The largest absolute Gasteiger partial charge is 1.00 e. The average molecular weight is 454 g/mol. The van der Waals surface area contributed by atoms with Crippen molar-refractivity contribution in [2.45, 2.75) is 36.9 Å². The van der Waals surface area contributed by atoms with Gasteiger partial charge in [0.1, 0.15) is 5.60 Å². The number of aliphatic hydroxyl groups is 1. The topological polar surface area (TPSA) is 244 Å². The van der Waals surface area contributed by atoms with Crippen LogP contribution < -0.4 is 139 Å². The molecule has 0 aliphatic heterocycles. The maximum atomic E-state index is 11.6. The van der Waals surface area contributed by atoms with Gasteiger partial charge in [0.05, 0.1) is 24.8 Å². The van der Waals surface area contributed by atoms with Crippen molar-refractivity contribution >= 4 is 35.8 Å². The van der Waals surface area contributed by atoms with Crippen molar-refractivity contribution in [1.82, 2.24) is 0 Å². The second kappa shape index (κ2) is 17.3. The number of carboxylic acids is 5. The predicted molar refractivity (Wildman–Crippen MR) is 59.9 cm³/mol. The Balaban J connectivity index is -0.000000480. The third-order valence-corrected chi connectivity index (χ3v) is 2.80. The van der Waals surface area contributed by atoms with E-state index in [-0.39, 0.29) is 118 Å². The molecule has 0 saturated heterocycles. The molecule has 0 radical (unpaired) electrons. The van der Waals surface area contributed by atoms with Crippen LogP contribution in [0.15, 0.2) is 0 Å². The first kappa shape index (κ1) is 40.2. The van der Waals surface area contributed by atoms with Crippen LogP contribution in [0.5, 0.6) is 0 Å². The van der Waals surface area contributed by atoms with Crippen LogP contribution in [-0.4, -0.2) is 57.2 Å². The second-order valence-corrected chi connectivity index (χ2v) is 4.92. The monoisotopic (exact) mass is 454 g/mol. The summed E-state index contributed by atoms with van der Waals surface area (Å²) >= 11 is 0. The minimum absolute atomic E-state index is 0. The van der Waals surface area contributed by atoms with Crippen LogP contribution in [0.4, 0.5) is 0 Å². The van der Waals surface area contributed by atoms with E-state index in [1.165, 1.54) is 0 Å². The fourth-order valence-electron chi connectivity index (χ4n) is 1.74. The number of carbonyl (C=O) groups is 6. The fourth-order valence-corrected chi connectivity index (χ4v) is 1.74. The van der Waals surface area contributed by atoms with Gasteiger partial charge < -0.3 is 54.6 Å². The molecule has 0 fully saturated rings. The summed E-state index contributed by atoms with van der Waals surface area (Å²) in [6.07, 6.45) is -6.62. The van der Waals surface area contributed by atoms with Crippen molar-refractivity contribution in [3.63, 3.8) is 0 Å². The van der Waals surface area contributed by atoms with E-state index in [9.17, 15) is 54.3 Å². The summed E-state index contributed by atoms with van der Waals surface area (Å²) in [6.45, 7) is 0. The zero-order valence-corrected chi connectivity index (χ0v) is 24.2. The zero-order chi connectivity index (χ0) is 20.0. The van der Waals surface area contributed by atoms with Gasteiger partial charge in [0, 0.05) is 24.8 Å². The Morgan fingerprint density at radius 1 is 0.690 bits per heavy atom. The van der Waals surface area contributed by atoms with Crippen LogP contribution in [0.25, 0.3) is 0 Å². The van der Waals surface area contributed by atoms with Crippen molar-refractivity contribution in [1.29, 1.82) is 0 Å². The first-order chi connectivity index (χ1) is 11.2. The van der Waals surface area contributed by atoms with E-state index in [1.54, 1.807) is 0 Å². The van der Waals surface area contributed by atoms with E-state index in [4.69, 9.17) is 5.11 Å². The molecule has 2 atom stereocenters. The third kappa shape index (κ3) is 14.5. The van der Waals surface area contributed by atoms with Gasteiger partial charge in [0.15, 0.2) is 5.60 Å². The van der Waals surface area contributed by atoms with Crippen molar-refractivity contribution in [2.75, 3.05) is 0 Å². The van der Waals surface area contributed by atoms with Gasteiger partial charge >= 0.3 is 130 Å². The molecule has 2 N–H and O–H groups in total. The van der Waals surface area contributed by atoms with Crippen molar-refractivity contribution in [3.05, 3.63) is 0 Å². The smallest absolute Gasteiger partial charge is 0.550 e. The molecule has 0 rings (SSSR count). The Kier molecular flexibility index (Phi) is 24.0. The molecule has 2 unspecified atom stereocenters. The molecule has 0 heterocycles. The Hall–Kier alpha value is 0.780. The summed E-state index contributed by atoms with van der Waals surface area (Å²) in [7, 11) is 0. The number of carboxylic acid groups (broad SMARTS) is 5. The van der Waals surface area contributed by atoms with E-state index >= 15 is 0 Å². The van der Waals surface area contributed by atoms with Gasteiger partial charge in [-0.2, -0.15) is 0 Å². The van der Waals surface area contributed by atoms with Crippen LogP contribution in [0.2, 0.25) is 0 Å². The summed E-state index contributed by atoms with van der Waals surface area (Å²) in [4.78, 5) is 65.2. The zero-order valence-electron chi connectivity index (χ0n) is 16.2. The number of aliphatic carboxylic acids is 5. The maximum absolute atomic E-state index is 11.6. The Labute approximate surface area is 251 Å². The number of esters is 1. The molecule has 140 valence electrons. The molecule has 0 aliphatic carbocycles. The summed E-state index contributed by atoms with van der Waals surface area (Å²) in [5, 5.41) is 61.0. The van der Waals surface area contributed by atoms with Gasteiger partial charge in [-0.3, -0.25) is 9.59 Å². The van der Waals surface area contributed by atoms with Gasteiger partial charge in [-0.1, -0.05) is 0 Å². The molecular weight excluding hydrogens is 444 g/mol. The molecule has 0 amide bonds. The summed E-state index contributed by atoms with van der Waals surface area (Å²) in [5.41, 5.74) is -6.66. The van der Waals surface area contributed by atoms with Gasteiger partial charge in [-0.15, -0.1) is 0 Å². The molecule has 0 aromatic rings. The normalized spacial score (nSPS) is 13.1. The van der Waals surface area contributed by atoms with Crippen LogP contribution in [0.3, 0.4) is 0 Å². The minimum Gasteiger partial charge on any atom is -0.550 e. The van der Waals surface area contributed by atoms with E-state index in [1.807, 2.05) is 0 Å². The molecule has 0 saturated carbocycles. The van der Waals surface area contributed by atoms with Crippen LogP contribution >= 0.6 is 0 Å².